The van der Waals surface area contributed by atoms with Gasteiger partial charge >= 0.3 is 0 Å². The number of rotatable bonds is 4. The van der Waals surface area contributed by atoms with Crippen molar-refractivity contribution >= 4 is 0 Å². The van der Waals surface area contributed by atoms with Gasteiger partial charge in [-0.15, -0.1) is 0 Å². The molecule has 1 aliphatic rings. The van der Waals surface area contributed by atoms with Crippen LogP contribution in [0.2, 0.25) is 0 Å². The van der Waals surface area contributed by atoms with Crippen LogP contribution in [0.1, 0.15) is 30.5 Å². The van der Waals surface area contributed by atoms with E-state index in [-0.39, 0.29) is 6.04 Å². The Balaban J connectivity index is 1.43. The molecule has 2 aromatic heterocycles. The van der Waals surface area contributed by atoms with E-state index in [9.17, 15) is 0 Å². The summed E-state index contributed by atoms with van der Waals surface area (Å²) in [7, 11) is 0. The van der Waals surface area contributed by atoms with Gasteiger partial charge in [-0.2, -0.15) is 10.1 Å². The molecule has 1 atom stereocenters. The second-order valence-electron chi connectivity index (χ2n) is 6.10. The van der Waals surface area contributed by atoms with Crippen LogP contribution >= 0.6 is 0 Å². The van der Waals surface area contributed by atoms with E-state index in [1.807, 2.05) is 41.2 Å². The van der Waals surface area contributed by atoms with Crippen molar-refractivity contribution in [2.45, 2.75) is 25.9 Å². The van der Waals surface area contributed by atoms with Crippen molar-refractivity contribution in [2.24, 2.45) is 0 Å². The van der Waals surface area contributed by atoms with E-state index in [1.165, 1.54) is 5.56 Å². The van der Waals surface area contributed by atoms with Gasteiger partial charge < -0.3 is 4.52 Å². The lowest BCUT2D eigenvalue weighted by atomic mass is 10.1. The van der Waals surface area contributed by atoms with Crippen molar-refractivity contribution in [3.63, 3.8) is 0 Å². The molecule has 118 valence electrons. The van der Waals surface area contributed by atoms with Crippen molar-refractivity contribution in [3.8, 4) is 11.4 Å². The zero-order valence-electron chi connectivity index (χ0n) is 13.3. The van der Waals surface area contributed by atoms with Crippen molar-refractivity contribution in [2.75, 3.05) is 13.1 Å². The summed E-state index contributed by atoms with van der Waals surface area (Å²) in [5.74, 6) is 1.31. The minimum Gasteiger partial charge on any atom is -0.337 e. The molecule has 0 bridgehead atoms. The molecular weight excluding hydrogens is 290 g/mol. The largest absolute Gasteiger partial charge is 0.337 e. The first-order chi connectivity index (χ1) is 11.2. The fourth-order valence-corrected chi connectivity index (χ4v) is 2.87. The summed E-state index contributed by atoms with van der Waals surface area (Å²) in [6.45, 7) is 6.07. The summed E-state index contributed by atoms with van der Waals surface area (Å²) in [6, 6.07) is 10.4. The maximum absolute atomic E-state index is 5.46. The molecule has 1 aromatic carbocycles. The Morgan fingerprint density at radius 1 is 1.22 bits per heavy atom. The van der Waals surface area contributed by atoms with Gasteiger partial charge in [0.1, 0.15) is 0 Å². The van der Waals surface area contributed by atoms with Gasteiger partial charge in [0, 0.05) is 24.8 Å². The predicted molar refractivity (Wildman–Crippen MR) is 85.7 cm³/mol. The first-order valence-corrected chi connectivity index (χ1v) is 7.84. The van der Waals surface area contributed by atoms with Gasteiger partial charge in [0.15, 0.2) is 0 Å². The van der Waals surface area contributed by atoms with Gasteiger partial charge in [-0.3, -0.25) is 9.58 Å². The van der Waals surface area contributed by atoms with Crippen LogP contribution < -0.4 is 0 Å². The lowest BCUT2D eigenvalue weighted by Gasteiger charge is -2.41. The summed E-state index contributed by atoms with van der Waals surface area (Å²) in [5, 5.41) is 8.49. The summed E-state index contributed by atoms with van der Waals surface area (Å²) in [6.07, 6.45) is 3.99. The Labute approximate surface area is 134 Å². The van der Waals surface area contributed by atoms with Crippen LogP contribution in [0.5, 0.6) is 0 Å². The predicted octanol–water partition coefficient (Wildman–Crippen LogP) is 2.86. The smallest absolute Gasteiger partial charge is 0.244 e. The molecular formula is C17H19N5O. The SMILES string of the molecule is Cc1cnn(C2CN([C@@H](C)c3nc(-c4ccccc4)no3)C2)c1. The summed E-state index contributed by atoms with van der Waals surface area (Å²) in [5.41, 5.74) is 2.17. The fraction of sp³-hybridized carbons (Fsp3) is 0.353. The van der Waals surface area contributed by atoms with Crippen molar-refractivity contribution < 1.29 is 4.52 Å². The maximum atomic E-state index is 5.46. The third-order valence-electron chi connectivity index (χ3n) is 4.37. The van der Waals surface area contributed by atoms with Crippen molar-refractivity contribution in [1.29, 1.82) is 0 Å². The quantitative estimate of drug-likeness (QED) is 0.741. The standard InChI is InChI=1S/C17H19N5O/c1-12-8-18-22(9-12)15-10-21(11-15)13(2)17-19-16(20-23-17)14-6-4-3-5-7-14/h3-9,13,15H,10-11H2,1-2H3/t13-/m0/s1. The summed E-state index contributed by atoms with van der Waals surface area (Å²) < 4.78 is 7.50. The average molecular weight is 309 g/mol. The highest BCUT2D eigenvalue weighted by Gasteiger charge is 2.34. The van der Waals surface area contributed by atoms with Crippen molar-refractivity contribution in [1.82, 2.24) is 24.8 Å². The van der Waals surface area contributed by atoms with Crippen LogP contribution in [-0.4, -0.2) is 37.9 Å². The molecule has 3 aromatic rings. The van der Waals surface area contributed by atoms with E-state index >= 15 is 0 Å². The molecule has 6 nitrogen and oxygen atoms in total. The number of nitrogens with zero attached hydrogens (tertiary/aromatic N) is 5. The normalized spacial score (nSPS) is 17.1. The van der Waals surface area contributed by atoms with Gasteiger partial charge in [0.2, 0.25) is 11.7 Å². The highest BCUT2D eigenvalue weighted by molar-refractivity contribution is 5.53. The third kappa shape index (κ3) is 2.66. The van der Waals surface area contributed by atoms with E-state index in [4.69, 9.17) is 4.52 Å². The second kappa shape index (κ2) is 5.62. The Morgan fingerprint density at radius 2 is 2.00 bits per heavy atom. The van der Waals surface area contributed by atoms with Crippen LogP contribution in [0, 0.1) is 6.92 Å². The van der Waals surface area contributed by atoms with E-state index in [1.54, 1.807) is 0 Å². The van der Waals surface area contributed by atoms with Gasteiger partial charge in [-0.25, -0.2) is 0 Å². The lowest BCUT2D eigenvalue weighted by Crippen LogP contribution is -2.48. The summed E-state index contributed by atoms with van der Waals surface area (Å²) >= 11 is 0. The molecule has 0 saturated carbocycles. The Hall–Kier alpha value is -2.47. The van der Waals surface area contributed by atoms with Crippen LogP contribution in [0.4, 0.5) is 0 Å². The molecule has 0 N–H and O–H groups in total. The molecule has 1 saturated heterocycles. The zero-order chi connectivity index (χ0) is 15.8. The minimum absolute atomic E-state index is 0.118. The second-order valence-corrected chi connectivity index (χ2v) is 6.10. The molecule has 6 heteroatoms. The number of hydrogen-bond acceptors (Lipinski definition) is 5. The van der Waals surface area contributed by atoms with Gasteiger partial charge in [0.25, 0.3) is 0 Å². The molecule has 0 spiro atoms. The van der Waals surface area contributed by atoms with E-state index < -0.39 is 0 Å². The van der Waals surface area contributed by atoms with Crippen molar-refractivity contribution in [3.05, 3.63) is 54.2 Å². The van der Waals surface area contributed by atoms with Gasteiger partial charge in [-0.05, 0) is 19.4 Å². The van der Waals surface area contributed by atoms with E-state index in [0.29, 0.717) is 17.8 Å². The van der Waals surface area contributed by atoms with Gasteiger partial charge in [-0.1, -0.05) is 35.5 Å². The topological polar surface area (TPSA) is 60.0 Å². The Bertz CT molecular complexity index is 788. The molecule has 0 radical (unpaired) electrons. The number of aryl methyl sites for hydroxylation is 1. The highest BCUT2D eigenvalue weighted by atomic mass is 16.5. The van der Waals surface area contributed by atoms with Crippen LogP contribution in [0.15, 0.2) is 47.2 Å². The molecule has 4 rings (SSSR count). The number of aromatic nitrogens is 4. The molecule has 23 heavy (non-hydrogen) atoms. The number of benzene rings is 1. The molecule has 1 fully saturated rings. The van der Waals surface area contributed by atoms with E-state index in [2.05, 4.69) is 40.2 Å². The van der Waals surface area contributed by atoms with Crippen LogP contribution in [0.3, 0.4) is 0 Å². The first-order valence-electron chi connectivity index (χ1n) is 7.84. The minimum atomic E-state index is 0.118. The number of likely N-dealkylation sites (tertiary alicyclic amines) is 1. The molecule has 0 amide bonds. The zero-order valence-corrected chi connectivity index (χ0v) is 13.3. The summed E-state index contributed by atoms with van der Waals surface area (Å²) in [4.78, 5) is 6.87. The monoisotopic (exact) mass is 309 g/mol. The first kappa shape index (κ1) is 14.1. The maximum Gasteiger partial charge on any atom is 0.244 e. The highest BCUT2D eigenvalue weighted by Crippen LogP contribution is 2.30. The van der Waals surface area contributed by atoms with Gasteiger partial charge in [0.05, 0.1) is 18.3 Å². The molecule has 0 aliphatic carbocycles. The lowest BCUT2D eigenvalue weighted by molar-refractivity contribution is 0.0456. The van der Waals surface area contributed by atoms with Crippen LogP contribution in [-0.2, 0) is 0 Å². The van der Waals surface area contributed by atoms with E-state index in [0.717, 1.165) is 18.7 Å². The fourth-order valence-electron chi connectivity index (χ4n) is 2.87. The Kier molecular flexibility index (Phi) is 3.46. The molecule has 0 unspecified atom stereocenters. The Morgan fingerprint density at radius 3 is 2.70 bits per heavy atom. The van der Waals surface area contributed by atoms with Crippen LogP contribution in [0.25, 0.3) is 11.4 Å². The third-order valence-corrected chi connectivity index (χ3v) is 4.37. The number of hydrogen-bond donors (Lipinski definition) is 0. The molecule has 3 heterocycles. The average Bonchev–Trinajstić information content (AvgIpc) is 3.16. The molecule has 1 aliphatic heterocycles.